The normalized spacial score (nSPS) is 28.2. The summed E-state index contributed by atoms with van der Waals surface area (Å²) >= 11 is 1.63. The first kappa shape index (κ1) is 26.5. The average molecular weight is 513 g/mol. The van der Waals surface area contributed by atoms with Crippen molar-refractivity contribution < 1.29 is 24.2 Å². The minimum absolute atomic E-state index is 0.0214. The number of benzene rings is 1. The smallest absolute Gasteiger partial charge is 0.311 e. The van der Waals surface area contributed by atoms with Gasteiger partial charge in [-0.2, -0.15) is 0 Å². The zero-order valence-electron chi connectivity index (χ0n) is 21.2. The van der Waals surface area contributed by atoms with Crippen LogP contribution in [-0.2, 0) is 19.1 Å². The molecule has 1 aromatic rings. The van der Waals surface area contributed by atoms with Gasteiger partial charge in [0.1, 0.15) is 12.6 Å². The van der Waals surface area contributed by atoms with E-state index in [-0.39, 0.29) is 36.2 Å². The molecule has 36 heavy (non-hydrogen) atoms. The minimum atomic E-state index is -0.694. The number of ether oxygens (including phenoxy) is 1. The molecule has 0 radical (unpaired) electrons. The number of amides is 2. The Bertz CT molecular complexity index is 1060. The number of aryl methyl sites for hydroxylation is 2. The number of fused-ring (bicyclic) bond motifs is 1. The van der Waals surface area contributed by atoms with Crippen LogP contribution in [0.5, 0.6) is 0 Å². The Balaban J connectivity index is 1.76. The third kappa shape index (κ3) is 4.39. The molecule has 2 bridgehead atoms. The van der Waals surface area contributed by atoms with Crippen molar-refractivity contribution in [3.8, 4) is 0 Å². The van der Waals surface area contributed by atoms with Crippen LogP contribution in [0.25, 0.3) is 0 Å². The molecule has 5 atom stereocenters. The highest BCUT2D eigenvalue weighted by Gasteiger charge is 2.74. The van der Waals surface area contributed by atoms with Crippen molar-refractivity contribution in [1.29, 1.82) is 0 Å². The number of carbonyl (C=O) groups excluding carboxylic acids is 3. The van der Waals surface area contributed by atoms with E-state index < -0.39 is 22.6 Å². The molecule has 1 aromatic carbocycles. The van der Waals surface area contributed by atoms with E-state index in [4.69, 9.17) is 4.74 Å². The highest BCUT2D eigenvalue weighted by atomic mass is 32.2. The summed E-state index contributed by atoms with van der Waals surface area (Å²) in [6.07, 6.45) is 5.81. The van der Waals surface area contributed by atoms with Gasteiger partial charge in [0.2, 0.25) is 5.91 Å². The molecular formula is C28H36N2O5S. The second-order valence-electron chi connectivity index (χ2n) is 9.96. The van der Waals surface area contributed by atoms with Gasteiger partial charge < -0.3 is 19.6 Å². The van der Waals surface area contributed by atoms with E-state index >= 15 is 0 Å². The molecule has 3 aliphatic heterocycles. The zero-order valence-corrected chi connectivity index (χ0v) is 22.0. The Morgan fingerprint density at radius 3 is 2.75 bits per heavy atom. The fourth-order valence-corrected chi connectivity index (χ4v) is 8.37. The van der Waals surface area contributed by atoms with Gasteiger partial charge in [0.25, 0.3) is 5.91 Å². The van der Waals surface area contributed by atoms with E-state index in [2.05, 4.69) is 13.2 Å². The summed E-state index contributed by atoms with van der Waals surface area (Å²) in [5, 5.41) is 9.30. The van der Waals surface area contributed by atoms with Crippen LogP contribution in [0.1, 0.15) is 36.8 Å². The van der Waals surface area contributed by atoms with Crippen molar-refractivity contribution >= 4 is 35.2 Å². The molecule has 2 amide bonds. The number of hydrogen-bond acceptors (Lipinski definition) is 6. The predicted octanol–water partition coefficient (Wildman–Crippen LogP) is 3.42. The highest BCUT2D eigenvalue weighted by molar-refractivity contribution is 8.02. The molecule has 1 N–H and O–H groups in total. The van der Waals surface area contributed by atoms with Crippen molar-refractivity contribution in [3.63, 3.8) is 0 Å². The number of aliphatic hydroxyl groups excluding tert-OH is 1. The maximum Gasteiger partial charge on any atom is 0.311 e. The van der Waals surface area contributed by atoms with Gasteiger partial charge in [0.15, 0.2) is 0 Å². The molecule has 4 rings (SSSR count). The molecule has 2 unspecified atom stereocenters. The number of rotatable bonds is 11. The van der Waals surface area contributed by atoms with Crippen LogP contribution in [0.3, 0.4) is 0 Å². The highest BCUT2D eigenvalue weighted by Crippen LogP contribution is 2.66. The van der Waals surface area contributed by atoms with Gasteiger partial charge in [-0.15, -0.1) is 18.3 Å². The third-order valence-electron chi connectivity index (χ3n) is 7.69. The lowest BCUT2D eigenvalue weighted by Gasteiger charge is -2.37. The molecule has 0 aromatic heterocycles. The number of unbranched alkanes of at least 4 members (excludes halogenated alkanes) is 1. The average Bonchev–Trinajstić information content (AvgIpc) is 3.50. The van der Waals surface area contributed by atoms with Crippen molar-refractivity contribution in [2.45, 2.75) is 55.6 Å². The van der Waals surface area contributed by atoms with Crippen LogP contribution in [0, 0.1) is 25.7 Å². The van der Waals surface area contributed by atoms with Crippen molar-refractivity contribution in [2.75, 3.05) is 31.2 Å². The standard InChI is InChI=1S/C28H36N2O5S/c1-5-13-29(20-17-18(3)9-10-19(20)4)26(33)24-28-12-11-21(36-28)22(27(34)35-16-6-2)23(28)25(32)30(24)14-7-8-15-31/h5-6,9-10,17,21-24,31H,1-2,7-8,11-16H2,3-4H3/t21-,22+,23-,24?,28?/m0/s1. The second-order valence-corrected chi connectivity index (χ2v) is 11.6. The maximum atomic E-state index is 14.5. The Morgan fingerprint density at radius 1 is 1.28 bits per heavy atom. The number of aliphatic hydroxyl groups is 1. The molecule has 3 fully saturated rings. The number of carbonyl (C=O) groups is 3. The van der Waals surface area contributed by atoms with Gasteiger partial charge in [-0.05, 0) is 56.7 Å². The Morgan fingerprint density at radius 2 is 2.06 bits per heavy atom. The van der Waals surface area contributed by atoms with E-state index in [1.165, 1.54) is 6.08 Å². The van der Waals surface area contributed by atoms with E-state index in [9.17, 15) is 19.5 Å². The predicted molar refractivity (Wildman–Crippen MR) is 142 cm³/mol. The van der Waals surface area contributed by atoms with Crippen LogP contribution in [0.2, 0.25) is 0 Å². The third-order valence-corrected chi connectivity index (χ3v) is 9.64. The molecule has 1 spiro atoms. The molecule has 3 aliphatic rings. The number of anilines is 1. The van der Waals surface area contributed by atoms with Gasteiger partial charge in [0, 0.05) is 30.6 Å². The van der Waals surface area contributed by atoms with Crippen molar-refractivity contribution in [2.24, 2.45) is 11.8 Å². The van der Waals surface area contributed by atoms with E-state index in [0.29, 0.717) is 32.4 Å². The van der Waals surface area contributed by atoms with Crippen molar-refractivity contribution in [3.05, 3.63) is 54.6 Å². The number of esters is 1. The van der Waals surface area contributed by atoms with E-state index in [1.807, 2.05) is 32.0 Å². The van der Waals surface area contributed by atoms with E-state index in [0.717, 1.165) is 23.2 Å². The first-order valence-corrected chi connectivity index (χ1v) is 13.5. The lowest BCUT2D eigenvalue weighted by Crippen LogP contribution is -2.55. The SMILES string of the molecule is C=CCOC(=O)[C@@H]1[C@@H]2CCC3(S2)C(C(=O)N(CC=C)c2cc(C)ccc2C)N(CCCCO)C(=O)[C@H]13. The summed E-state index contributed by atoms with van der Waals surface area (Å²) in [6, 6.07) is 5.31. The lowest BCUT2D eigenvalue weighted by molar-refractivity contribution is -0.153. The molecule has 3 heterocycles. The molecule has 8 heteroatoms. The van der Waals surface area contributed by atoms with Crippen LogP contribution < -0.4 is 4.90 Å². The van der Waals surface area contributed by atoms with Gasteiger partial charge in [-0.3, -0.25) is 14.4 Å². The van der Waals surface area contributed by atoms with Crippen molar-refractivity contribution in [1.82, 2.24) is 4.90 Å². The van der Waals surface area contributed by atoms with Crippen LogP contribution in [0.15, 0.2) is 43.5 Å². The second kappa shape index (κ2) is 10.8. The zero-order chi connectivity index (χ0) is 26.0. The molecular weight excluding hydrogens is 476 g/mol. The Hall–Kier alpha value is -2.58. The summed E-state index contributed by atoms with van der Waals surface area (Å²) in [4.78, 5) is 44.9. The lowest BCUT2D eigenvalue weighted by atomic mass is 9.71. The van der Waals surface area contributed by atoms with Gasteiger partial charge in [-0.1, -0.05) is 30.9 Å². The minimum Gasteiger partial charge on any atom is -0.461 e. The fraction of sp³-hybridized carbons (Fsp3) is 0.536. The summed E-state index contributed by atoms with van der Waals surface area (Å²) in [6.45, 7) is 12.3. The van der Waals surface area contributed by atoms with Gasteiger partial charge in [-0.25, -0.2) is 0 Å². The van der Waals surface area contributed by atoms with Crippen LogP contribution in [-0.4, -0.2) is 70.1 Å². The first-order chi connectivity index (χ1) is 17.3. The van der Waals surface area contributed by atoms with Gasteiger partial charge in [0.05, 0.1) is 16.6 Å². The van der Waals surface area contributed by atoms with E-state index in [1.54, 1.807) is 27.6 Å². The first-order valence-electron chi connectivity index (χ1n) is 12.7. The maximum absolute atomic E-state index is 14.5. The summed E-state index contributed by atoms with van der Waals surface area (Å²) < 4.78 is 4.74. The summed E-state index contributed by atoms with van der Waals surface area (Å²) in [7, 11) is 0. The van der Waals surface area contributed by atoms with Crippen LogP contribution in [0.4, 0.5) is 5.69 Å². The topological polar surface area (TPSA) is 87.2 Å². The molecule has 7 nitrogen and oxygen atoms in total. The molecule has 0 aliphatic carbocycles. The number of likely N-dealkylation sites (tertiary alicyclic amines) is 1. The number of nitrogens with zero attached hydrogens (tertiary/aromatic N) is 2. The quantitative estimate of drug-likeness (QED) is 0.278. The van der Waals surface area contributed by atoms with Crippen LogP contribution >= 0.6 is 11.8 Å². The number of thioether (sulfide) groups is 1. The number of hydrogen-bond donors (Lipinski definition) is 1. The fourth-order valence-electron chi connectivity index (χ4n) is 6.17. The molecule has 0 saturated carbocycles. The largest absolute Gasteiger partial charge is 0.461 e. The summed E-state index contributed by atoms with van der Waals surface area (Å²) in [5.74, 6) is -1.83. The van der Waals surface area contributed by atoms with Gasteiger partial charge >= 0.3 is 5.97 Å². The Kier molecular flexibility index (Phi) is 7.95. The monoisotopic (exact) mass is 512 g/mol. The Labute approximate surface area is 217 Å². The molecule has 194 valence electrons. The molecule has 3 saturated heterocycles. The summed E-state index contributed by atoms with van der Waals surface area (Å²) in [5.41, 5.74) is 2.81.